The average molecular weight is 321 g/mol. The molecule has 0 aliphatic heterocycles. The van der Waals surface area contributed by atoms with Crippen LogP contribution in [0.15, 0.2) is 65.8 Å². The highest BCUT2D eigenvalue weighted by Gasteiger charge is 2.09. The molecule has 3 rings (SSSR count). The molecule has 0 spiro atoms. The summed E-state index contributed by atoms with van der Waals surface area (Å²) < 4.78 is 2.97. The van der Waals surface area contributed by atoms with Crippen LogP contribution in [0.3, 0.4) is 0 Å². The summed E-state index contributed by atoms with van der Waals surface area (Å²) in [5.74, 6) is -0.0144. The van der Waals surface area contributed by atoms with Crippen molar-refractivity contribution in [1.82, 2.24) is 14.3 Å². The van der Waals surface area contributed by atoms with Crippen LogP contribution in [-0.4, -0.2) is 20.3 Å². The minimum Gasteiger partial charge on any atom is -0.284 e. The van der Waals surface area contributed by atoms with E-state index in [1.807, 2.05) is 30.3 Å². The van der Waals surface area contributed by atoms with Gasteiger partial charge in [0.15, 0.2) is 0 Å². The van der Waals surface area contributed by atoms with E-state index < -0.39 is 0 Å². The molecule has 1 aromatic carbocycles. The molecule has 0 aliphatic carbocycles. The lowest BCUT2D eigenvalue weighted by Gasteiger charge is -2.07. The van der Waals surface area contributed by atoms with Crippen LogP contribution < -0.4 is 5.56 Å². The molecule has 2 aromatic heterocycles. The SMILES string of the molecule is CCCCC(=O)n1cc(-c2ccc(=O)n(-c3ccccc3)c2)cn1. The molecule has 0 N–H and O–H groups in total. The number of pyridine rings is 1. The Morgan fingerprint density at radius 1 is 1.04 bits per heavy atom. The molecule has 5 nitrogen and oxygen atoms in total. The van der Waals surface area contributed by atoms with Crippen LogP contribution in [0.25, 0.3) is 16.8 Å². The number of hydrogen-bond acceptors (Lipinski definition) is 3. The van der Waals surface area contributed by atoms with Crippen LogP contribution in [0.2, 0.25) is 0 Å². The Balaban J connectivity index is 1.92. The summed E-state index contributed by atoms with van der Waals surface area (Å²) in [7, 11) is 0. The van der Waals surface area contributed by atoms with Gasteiger partial charge in [0.2, 0.25) is 5.91 Å². The first-order chi connectivity index (χ1) is 11.7. The van der Waals surface area contributed by atoms with E-state index in [1.54, 1.807) is 29.2 Å². The van der Waals surface area contributed by atoms with Gasteiger partial charge >= 0.3 is 0 Å². The Hall–Kier alpha value is -2.95. The molecule has 0 fully saturated rings. The minimum atomic E-state index is -0.101. The zero-order chi connectivity index (χ0) is 16.9. The normalized spacial score (nSPS) is 10.7. The highest BCUT2D eigenvalue weighted by atomic mass is 16.2. The maximum absolute atomic E-state index is 12.1. The number of carbonyl (C=O) groups excluding carboxylic acids is 1. The summed E-state index contributed by atoms with van der Waals surface area (Å²) in [4.78, 5) is 24.2. The van der Waals surface area contributed by atoms with Crippen LogP contribution in [0.1, 0.15) is 31.0 Å². The number of carbonyl (C=O) groups is 1. The third-order valence-corrected chi connectivity index (χ3v) is 3.86. The maximum atomic E-state index is 12.1. The lowest BCUT2D eigenvalue weighted by atomic mass is 10.1. The average Bonchev–Trinajstić information content (AvgIpc) is 3.11. The molecule has 24 heavy (non-hydrogen) atoms. The van der Waals surface area contributed by atoms with Gasteiger partial charge in [0.1, 0.15) is 0 Å². The first-order valence-corrected chi connectivity index (χ1v) is 8.05. The molecular weight excluding hydrogens is 302 g/mol. The number of para-hydroxylation sites is 1. The van der Waals surface area contributed by atoms with Gasteiger partial charge in [-0.3, -0.25) is 14.2 Å². The van der Waals surface area contributed by atoms with Gasteiger partial charge in [-0.2, -0.15) is 5.10 Å². The smallest absolute Gasteiger partial charge is 0.255 e. The van der Waals surface area contributed by atoms with Crippen LogP contribution in [0.5, 0.6) is 0 Å². The summed E-state index contributed by atoms with van der Waals surface area (Å²) in [6.45, 7) is 2.05. The van der Waals surface area contributed by atoms with Crippen LogP contribution in [0.4, 0.5) is 0 Å². The molecule has 0 atom stereocenters. The van der Waals surface area contributed by atoms with E-state index in [9.17, 15) is 9.59 Å². The lowest BCUT2D eigenvalue weighted by Crippen LogP contribution is -2.16. The van der Waals surface area contributed by atoms with Crippen molar-refractivity contribution < 1.29 is 4.79 Å². The third-order valence-electron chi connectivity index (χ3n) is 3.86. The van der Waals surface area contributed by atoms with Gasteiger partial charge in [0.05, 0.1) is 6.20 Å². The highest BCUT2D eigenvalue weighted by Crippen LogP contribution is 2.18. The van der Waals surface area contributed by atoms with E-state index in [4.69, 9.17) is 0 Å². The minimum absolute atomic E-state index is 0.0144. The fourth-order valence-corrected chi connectivity index (χ4v) is 2.50. The second-order valence-electron chi connectivity index (χ2n) is 5.63. The zero-order valence-corrected chi connectivity index (χ0v) is 13.6. The second kappa shape index (κ2) is 7.08. The third kappa shape index (κ3) is 3.35. The van der Waals surface area contributed by atoms with Gasteiger partial charge in [-0.05, 0) is 24.6 Å². The van der Waals surface area contributed by atoms with E-state index in [2.05, 4.69) is 12.0 Å². The highest BCUT2D eigenvalue weighted by molar-refractivity contribution is 5.79. The van der Waals surface area contributed by atoms with Gasteiger partial charge in [-0.25, -0.2) is 4.68 Å². The van der Waals surface area contributed by atoms with Crippen molar-refractivity contribution in [3.63, 3.8) is 0 Å². The predicted octanol–water partition coefficient (Wildman–Crippen LogP) is 3.53. The van der Waals surface area contributed by atoms with Crippen molar-refractivity contribution in [3.8, 4) is 16.8 Å². The number of nitrogens with zero attached hydrogens (tertiary/aromatic N) is 3. The van der Waals surface area contributed by atoms with Crippen LogP contribution in [0, 0.1) is 0 Å². The van der Waals surface area contributed by atoms with Crippen molar-refractivity contribution in [2.75, 3.05) is 0 Å². The number of rotatable bonds is 5. The summed E-state index contributed by atoms with van der Waals surface area (Å²) in [5.41, 5.74) is 2.35. The Morgan fingerprint density at radius 2 is 1.83 bits per heavy atom. The van der Waals surface area contributed by atoms with Crippen molar-refractivity contribution in [2.45, 2.75) is 26.2 Å². The van der Waals surface area contributed by atoms with Crippen molar-refractivity contribution in [3.05, 3.63) is 71.4 Å². The summed E-state index contributed by atoms with van der Waals surface area (Å²) in [6.07, 6.45) is 7.46. The standard InChI is InChI=1S/C19H19N3O2/c1-2-3-9-19(24)22-14-16(12-20-22)15-10-11-18(23)21(13-15)17-7-5-4-6-8-17/h4-8,10-14H,2-3,9H2,1H3. The maximum Gasteiger partial charge on any atom is 0.255 e. The molecule has 0 radical (unpaired) electrons. The monoisotopic (exact) mass is 321 g/mol. The number of hydrogen-bond donors (Lipinski definition) is 0. The summed E-state index contributed by atoms with van der Waals surface area (Å²) in [5, 5.41) is 4.15. The molecule has 0 aliphatic rings. The Morgan fingerprint density at radius 3 is 2.58 bits per heavy atom. The molecule has 5 heteroatoms. The van der Waals surface area contributed by atoms with Gasteiger partial charge in [-0.1, -0.05) is 31.5 Å². The quantitative estimate of drug-likeness (QED) is 0.722. The summed E-state index contributed by atoms with van der Waals surface area (Å²) >= 11 is 0. The van der Waals surface area contributed by atoms with Crippen molar-refractivity contribution in [1.29, 1.82) is 0 Å². The molecule has 122 valence electrons. The molecule has 0 saturated heterocycles. The van der Waals surface area contributed by atoms with E-state index in [0.717, 1.165) is 29.7 Å². The summed E-state index contributed by atoms with van der Waals surface area (Å²) in [6, 6.07) is 12.7. The first-order valence-electron chi connectivity index (χ1n) is 8.05. The fraction of sp³-hybridized carbons (Fsp3) is 0.211. The Bertz CT molecular complexity index is 894. The first kappa shape index (κ1) is 15.9. The van der Waals surface area contributed by atoms with E-state index >= 15 is 0 Å². The van der Waals surface area contributed by atoms with E-state index in [1.165, 1.54) is 10.7 Å². The predicted molar refractivity (Wildman–Crippen MR) is 93.4 cm³/mol. The van der Waals surface area contributed by atoms with Gasteiger partial charge in [0.25, 0.3) is 5.56 Å². The molecule has 0 bridgehead atoms. The van der Waals surface area contributed by atoms with Crippen LogP contribution >= 0.6 is 0 Å². The Kier molecular flexibility index (Phi) is 4.70. The fourth-order valence-electron chi connectivity index (χ4n) is 2.50. The number of unbranched alkanes of at least 4 members (excludes halogenated alkanes) is 1. The Labute approximate surface area is 140 Å². The lowest BCUT2D eigenvalue weighted by molar-refractivity contribution is 0.0884. The molecule has 3 aromatic rings. The molecule has 2 heterocycles. The van der Waals surface area contributed by atoms with Gasteiger partial charge < -0.3 is 0 Å². The van der Waals surface area contributed by atoms with Crippen LogP contribution in [-0.2, 0) is 0 Å². The van der Waals surface area contributed by atoms with Gasteiger partial charge in [0, 0.05) is 41.7 Å². The molecule has 0 saturated carbocycles. The van der Waals surface area contributed by atoms with E-state index in [0.29, 0.717) is 6.42 Å². The molecular formula is C19H19N3O2. The van der Waals surface area contributed by atoms with Crippen molar-refractivity contribution in [2.24, 2.45) is 0 Å². The van der Waals surface area contributed by atoms with Gasteiger partial charge in [-0.15, -0.1) is 0 Å². The number of aromatic nitrogens is 3. The van der Waals surface area contributed by atoms with E-state index in [-0.39, 0.29) is 11.5 Å². The number of benzene rings is 1. The zero-order valence-electron chi connectivity index (χ0n) is 13.6. The molecule has 0 unspecified atom stereocenters. The molecule has 0 amide bonds. The largest absolute Gasteiger partial charge is 0.284 e. The topological polar surface area (TPSA) is 56.9 Å². The second-order valence-corrected chi connectivity index (χ2v) is 5.63. The van der Waals surface area contributed by atoms with Crippen molar-refractivity contribution >= 4 is 5.91 Å².